The zero-order chi connectivity index (χ0) is 18.8. The molecule has 2 heterocycles. The highest BCUT2D eigenvalue weighted by Crippen LogP contribution is 2.38. The second kappa shape index (κ2) is 7.52. The van der Waals surface area contributed by atoms with E-state index in [4.69, 9.17) is 9.26 Å². The van der Waals surface area contributed by atoms with Crippen LogP contribution in [-0.4, -0.2) is 24.1 Å². The number of hydrogen-bond acceptors (Lipinski definition) is 6. The highest BCUT2D eigenvalue weighted by atomic mass is 32.1. The van der Waals surface area contributed by atoms with E-state index in [9.17, 15) is 9.59 Å². The molecule has 0 aliphatic heterocycles. The van der Waals surface area contributed by atoms with E-state index in [0.29, 0.717) is 21.8 Å². The van der Waals surface area contributed by atoms with Crippen molar-refractivity contribution in [1.82, 2.24) is 5.16 Å². The lowest BCUT2D eigenvalue weighted by atomic mass is 10.1. The van der Waals surface area contributed by atoms with E-state index in [1.165, 1.54) is 23.3 Å². The molecule has 1 aliphatic carbocycles. The average molecular weight is 384 g/mol. The first-order valence-electron chi connectivity index (χ1n) is 9.03. The lowest BCUT2D eigenvalue weighted by Crippen LogP contribution is -2.16. The number of anilines is 1. The molecule has 1 amide bonds. The standard InChI is InChI=1S/C20H20N2O4S/c1-25-20(24)18-13-8-3-2-4-10-16(13)27-19(18)21-17(23)11-14-12-7-5-6-9-15(12)26-22-14/h5-7,9H,2-4,8,10-11H2,1H3,(H,21,23). The molecule has 1 N–H and O–H groups in total. The second-order valence-electron chi connectivity index (χ2n) is 6.61. The SMILES string of the molecule is COC(=O)c1c(NC(=O)Cc2noc3ccccc23)sc2c1CCCCC2. The Kier molecular flexibility index (Phi) is 4.94. The van der Waals surface area contributed by atoms with Crippen molar-refractivity contribution in [2.75, 3.05) is 12.4 Å². The third-order valence-electron chi connectivity index (χ3n) is 4.84. The van der Waals surface area contributed by atoms with Gasteiger partial charge in [-0.2, -0.15) is 0 Å². The smallest absolute Gasteiger partial charge is 0.341 e. The molecule has 7 heteroatoms. The minimum atomic E-state index is -0.392. The zero-order valence-electron chi connectivity index (χ0n) is 15.0. The van der Waals surface area contributed by atoms with Gasteiger partial charge in [0.25, 0.3) is 0 Å². The lowest BCUT2D eigenvalue weighted by molar-refractivity contribution is -0.115. The van der Waals surface area contributed by atoms with Crippen LogP contribution in [0.5, 0.6) is 0 Å². The number of hydrogen-bond donors (Lipinski definition) is 1. The van der Waals surface area contributed by atoms with E-state index in [-0.39, 0.29) is 12.3 Å². The monoisotopic (exact) mass is 384 g/mol. The largest absolute Gasteiger partial charge is 0.465 e. The van der Waals surface area contributed by atoms with Gasteiger partial charge < -0.3 is 14.6 Å². The van der Waals surface area contributed by atoms with Crippen molar-refractivity contribution < 1.29 is 18.8 Å². The van der Waals surface area contributed by atoms with E-state index in [1.54, 1.807) is 0 Å². The number of fused-ring (bicyclic) bond motifs is 2. The molecule has 0 saturated heterocycles. The van der Waals surface area contributed by atoms with Gasteiger partial charge in [0.15, 0.2) is 5.58 Å². The number of nitrogens with zero attached hydrogens (tertiary/aromatic N) is 1. The van der Waals surface area contributed by atoms with Crippen molar-refractivity contribution in [3.05, 3.63) is 46.0 Å². The van der Waals surface area contributed by atoms with Crippen molar-refractivity contribution in [2.24, 2.45) is 0 Å². The first-order chi connectivity index (χ1) is 13.2. The van der Waals surface area contributed by atoms with Crippen molar-refractivity contribution in [1.29, 1.82) is 0 Å². The van der Waals surface area contributed by atoms with E-state index in [1.807, 2.05) is 24.3 Å². The normalized spacial score (nSPS) is 13.8. The number of carbonyl (C=O) groups is 2. The summed E-state index contributed by atoms with van der Waals surface area (Å²) in [7, 11) is 1.37. The Hall–Kier alpha value is -2.67. The summed E-state index contributed by atoms with van der Waals surface area (Å²) in [6.45, 7) is 0. The van der Waals surface area contributed by atoms with Gasteiger partial charge >= 0.3 is 5.97 Å². The number of methoxy groups -OCH3 is 1. The van der Waals surface area contributed by atoms with Crippen LogP contribution in [0.15, 0.2) is 28.8 Å². The molecule has 0 unspecified atom stereocenters. The third kappa shape index (κ3) is 3.47. The number of benzene rings is 1. The van der Waals surface area contributed by atoms with Crippen LogP contribution in [0.4, 0.5) is 5.00 Å². The summed E-state index contributed by atoms with van der Waals surface area (Å²) in [4.78, 5) is 26.2. The number of aromatic nitrogens is 1. The van der Waals surface area contributed by atoms with Gasteiger partial charge in [-0.3, -0.25) is 4.79 Å². The number of esters is 1. The van der Waals surface area contributed by atoms with Gasteiger partial charge in [0.2, 0.25) is 5.91 Å². The van der Waals surface area contributed by atoms with Crippen LogP contribution >= 0.6 is 11.3 Å². The maximum Gasteiger partial charge on any atom is 0.341 e. The van der Waals surface area contributed by atoms with Crippen molar-refractivity contribution in [3.63, 3.8) is 0 Å². The number of aryl methyl sites for hydroxylation is 1. The van der Waals surface area contributed by atoms with E-state index >= 15 is 0 Å². The molecule has 6 nitrogen and oxygen atoms in total. The molecule has 0 atom stereocenters. The molecule has 3 aromatic rings. The Balaban J connectivity index is 1.60. The number of thiophene rings is 1. The number of carbonyl (C=O) groups excluding carboxylic acids is 2. The summed E-state index contributed by atoms with van der Waals surface area (Å²) in [5.41, 5.74) is 2.78. The molecule has 27 heavy (non-hydrogen) atoms. The molecular weight excluding hydrogens is 364 g/mol. The first-order valence-corrected chi connectivity index (χ1v) is 9.85. The van der Waals surface area contributed by atoms with Crippen LogP contribution in [0.25, 0.3) is 11.0 Å². The Morgan fingerprint density at radius 2 is 2.04 bits per heavy atom. The van der Waals surface area contributed by atoms with Gasteiger partial charge in [-0.1, -0.05) is 23.7 Å². The lowest BCUT2D eigenvalue weighted by Gasteiger charge is -2.07. The maximum atomic E-state index is 12.6. The maximum absolute atomic E-state index is 12.6. The predicted molar refractivity (Wildman–Crippen MR) is 103 cm³/mol. The average Bonchev–Trinajstić information content (AvgIpc) is 3.14. The number of rotatable bonds is 4. The van der Waals surface area contributed by atoms with Gasteiger partial charge in [-0.05, 0) is 43.4 Å². The fourth-order valence-corrected chi connectivity index (χ4v) is 4.83. The van der Waals surface area contributed by atoms with Crippen LogP contribution in [-0.2, 0) is 28.8 Å². The Labute approximate surface area is 160 Å². The first kappa shape index (κ1) is 17.7. The van der Waals surface area contributed by atoms with Gasteiger partial charge in [0.1, 0.15) is 10.7 Å². The van der Waals surface area contributed by atoms with Crippen LogP contribution in [0.3, 0.4) is 0 Å². The quantitative estimate of drug-likeness (QED) is 0.540. The molecule has 0 spiro atoms. The van der Waals surface area contributed by atoms with Crippen LogP contribution < -0.4 is 5.32 Å². The molecule has 0 saturated carbocycles. The van der Waals surface area contributed by atoms with Crippen molar-refractivity contribution in [3.8, 4) is 0 Å². The summed E-state index contributed by atoms with van der Waals surface area (Å²) in [6, 6.07) is 7.43. The number of ether oxygens (including phenoxy) is 1. The summed E-state index contributed by atoms with van der Waals surface area (Å²) in [5, 5.41) is 8.31. The Morgan fingerprint density at radius 1 is 1.22 bits per heavy atom. The van der Waals surface area contributed by atoms with E-state index in [2.05, 4.69) is 10.5 Å². The van der Waals surface area contributed by atoms with Crippen LogP contribution in [0.1, 0.15) is 45.8 Å². The molecule has 0 bridgehead atoms. The van der Waals surface area contributed by atoms with Crippen LogP contribution in [0, 0.1) is 0 Å². The molecule has 140 valence electrons. The summed E-state index contributed by atoms with van der Waals surface area (Å²) in [5.74, 6) is -0.618. The third-order valence-corrected chi connectivity index (χ3v) is 6.05. The topological polar surface area (TPSA) is 81.4 Å². The van der Waals surface area contributed by atoms with E-state index < -0.39 is 5.97 Å². The molecular formula is C20H20N2O4S. The predicted octanol–water partition coefficient (Wildman–Crippen LogP) is 4.13. The highest BCUT2D eigenvalue weighted by Gasteiger charge is 2.26. The number of para-hydroxylation sites is 1. The van der Waals surface area contributed by atoms with Crippen molar-refractivity contribution in [2.45, 2.75) is 38.5 Å². The summed E-state index contributed by atoms with van der Waals surface area (Å²) < 4.78 is 10.2. The van der Waals surface area contributed by atoms with Gasteiger partial charge in [0, 0.05) is 10.3 Å². The molecule has 1 aromatic carbocycles. The molecule has 2 aromatic heterocycles. The van der Waals surface area contributed by atoms with Crippen LogP contribution in [0.2, 0.25) is 0 Å². The summed E-state index contributed by atoms with van der Waals surface area (Å²) >= 11 is 1.49. The van der Waals surface area contributed by atoms with Gasteiger partial charge in [0.05, 0.1) is 19.1 Å². The Bertz CT molecular complexity index is 1000. The molecule has 0 fully saturated rings. The molecule has 4 rings (SSSR count). The zero-order valence-corrected chi connectivity index (χ0v) is 15.9. The van der Waals surface area contributed by atoms with Gasteiger partial charge in [-0.15, -0.1) is 11.3 Å². The minimum Gasteiger partial charge on any atom is -0.465 e. The molecule has 0 radical (unpaired) electrons. The minimum absolute atomic E-state index is 0.0835. The number of nitrogens with one attached hydrogen (secondary N) is 1. The van der Waals surface area contributed by atoms with Gasteiger partial charge in [-0.25, -0.2) is 4.79 Å². The Morgan fingerprint density at radius 3 is 2.89 bits per heavy atom. The highest BCUT2D eigenvalue weighted by molar-refractivity contribution is 7.17. The molecule has 1 aliphatic rings. The fraction of sp³-hybridized carbons (Fsp3) is 0.350. The second-order valence-corrected chi connectivity index (χ2v) is 7.72. The number of amides is 1. The van der Waals surface area contributed by atoms with E-state index in [0.717, 1.165) is 43.1 Å². The fourth-order valence-electron chi connectivity index (χ4n) is 3.54. The van der Waals surface area contributed by atoms with Crippen molar-refractivity contribution >= 4 is 39.2 Å². The summed E-state index contributed by atoms with van der Waals surface area (Å²) in [6.07, 6.45) is 5.18.